The van der Waals surface area contributed by atoms with Crippen molar-refractivity contribution >= 4 is 15.7 Å². The number of nitrogens with two attached hydrogens (primary N) is 1. The van der Waals surface area contributed by atoms with Crippen LogP contribution in [0.3, 0.4) is 0 Å². The van der Waals surface area contributed by atoms with Crippen LogP contribution in [0.25, 0.3) is 0 Å². The normalized spacial score (nSPS) is 14.8. The molecule has 0 aliphatic heterocycles. The van der Waals surface area contributed by atoms with Crippen molar-refractivity contribution in [2.24, 2.45) is 11.7 Å². The van der Waals surface area contributed by atoms with Gasteiger partial charge in [-0.3, -0.25) is 4.79 Å². The first-order chi connectivity index (χ1) is 9.61. The van der Waals surface area contributed by atoms with E-state index >= 15 is 0 Å². The van der Waals surface area contributed by atoms with Crippen molar-refractivity contribution in [2.75, 3.05) is 6.26 Å². The summed E-state index contributed by atoms with van der Waals surface area (Å²) in [6.07, 6.45) is 1.80. The van der Waals surface area contributed by atoms with Crippen LogP contribution in [0.2, 0.25) is 0 Å². The number of benzene rings is 1. The number of amides is 1. The van der Waals surface area contributed by atoms with E-state index in [0.29, 0.717) is 12.3 Å². The first kappa shape index (κ1) is 17.7. The molecule has 0 bridgehead atoms. The molecule has 1 aromatic carbocycles. The van der Waals surface area contributed by atoms with Crippen molar-refractivity contribution < 1.29 is 13.2 Å². The van der Waals surface area contributed by atoms with E-state index < -0.39 is 15.9 Å². The zero-order valence-electron chi connectivity index (χ0n) is 13.0. The Kier molecular flexibility index (Phi) is 5.92. The third kappa shape index (κ3) is 5.47. The summed E-state index contributed by atoms with van der Waals surface area (Å²) >= 11 is 0. The van der Waals surface area contributed by atoms with E-state index in [2.05, 4.69) is 5.32 Å². The third-order valence-electron chi connectivity index (χ3n) is 3.23. The van der Waals surface area contributed by atoms with Gasteiger partial charge in [-0.1, -0.05) is 26.0 Å². The Morgan fingerprint density at radius 1 is 1.19 bits per heavy atom. The van der Waals surface area contributed by atoms with Crippen molar-refractivity contribution in [3.63, 3.8) is 0 Å². The highest BCUT2D eigenvalue weighted by molar-refractivity contribution is 7.90. The van der Waals surface area contributed by atoms with E-state index in [-0.39, 0.29) is 16.8 Å². The highest BCUT2D eigenvalue weighted by Gasteiger charge is 2.18. The summed E-state index contributed by atoms with van der Waals surface area (Å²) < 4.78 is 22.8. The van der Waals surface area contributed by atoms with Gasteiger partial charge in [0.2, 0.25) is 5.91 Å². The van der Waals surface area contributed by atoms with Gasteiger partial charge in [-0.2, -0.15) is 0 Å². The molecule has 118 valence electrons. The number of carbonyl (C=O) groups excluding carboxylic acids is 1. The summed E-state index contributed by atoms with van der Waals surface area (Å²) in [4.78, 5) is 12.2. The quantitative estimate of drug-likeness (QED) is 0.835. The first-order valence-corrected chi connectivity index (χ1v) is 8.86. The van der Waals surface area contributed by atoms with Gasteiger partial charge < -0.3 is 11.1 Å². The van der Waals surface area contributed by atoms with Gasteiger partial charge in [-0.25, -0.2) is 8.42 Å². The lowest BCUT2D eigenvalue weighted by molar-refractivity contribution is -0.123. The lowest BCUT2D eigenvalue weighted by Crippen LogP contribution is -2.42. The molecule has 2 unspecified atom stereocenters. The highest BCUT2D eigenvalue weighted by Crippen LogP contribution is 2.16. The minimum absolute atomic E-state index is 0.191. The van der Waals surface area contributed by atoms with Gasteiger partial charge in [0.1, 0.15) is 0 Å². The van der Waals surface area contributed by atoms with Gasteiger partial charge in [0.25, 0.3) is 0 Å². The molecule has 0 aliphatic rings. The predicted octanol–water partition coefficient (Wildman–Crippen LogP) is 1.64. The Hall–Kier alpha value is -1.40. The molecule has 21 heavy (non-hydrogen) atoms. The van der Waals surface area contributed by atoms with Gasteiger partial charge in [-0.05, 0) is 37.0 Å². The molecule has 1 rings (SSSR count). The van der Waals surface area contributed by atoms with Gasteiger partial charge in [0.15, 0.2) is 9.84 Å². The second-order valence-corrected chi connectivity index (χ2v) is 7.82. The molecule has 2 atom stereocenters. The molecule has 0 saturated heterocycles. The largest absolute Gasteiger partial charge is 0.348 e. The molecule has 0 fully saturated rings. The van der Waals surface area contributed by atoms with Crippen molar-refractivity contribution in [3.05, 3.63) is 29.8 Å². The van der Waals surface area contributed by atoms with Gasteiger partial charge >= 0.3 is 0 Å². The number of carbonyl (C=O) groups is 1. The van der Waals surface area contributed by atoms with Crippen molar-refractivity contribution in [1.82, 2.24) is 5.32 Å². The Morgan fingerprint density at radius 2 is 1.71 bits per heavy atom. The van der Waals surface area contributed by atoms with Gasteiger partial charge in [0.05, 0.1) is 17.0 Å². The molecule has 0 heterocycles. The topological polar surface area (TPSA) is 89.3 Å². The first-order valence-electron chi connectivity index (χ1n) is 6.97. The Labute approximate surface area is 126 Å². The molecule has 1 amide bonds. The summed E-state index contributed by atoms with van der Waals surface area (Å²) in [5.41, 5.74) is 6.67. The van der Waals surface area contributed by atoms with E-state index in [1.54, 1.807) is 24.3 Å². The van der Waals surface area contributed by atoms with Crippen LogP contribution in [0.1, 0.15) is 38.8 Å². The molecule has 0 spiro atoms. The van der Waals surface area contributed by atoms with Crippen molar-refractivity contribution in [2.45, 2.75) is 44.2 Å². The summed E-state index contributed by atoms with van der Waals surface area (Å²) in [6, 6.07) is 5.75. The van der Waals surface area contributed by atoms with E-state index in [0.717, 1.165) is 11.8 Å². The van der Waals surface area contributed by atoms with Crippen LogP contribution in [0.5, 0.6) is 0 Å². The molecule has 0 aliphatic carbocycles. The number of hydrogen-bond acceptors (Lipinski definition) is 4. The summed E-state index contributed by atoms with van der Waals surface area (Å²) in [6.45, 7) is 5.87. The standard InChI is InChI=1S/C15H24N2O3S/c1-10(2)9-14(16)15(18)17-11(3)12-5-7-13(8-6-12)21(4,19)20/h5-8,10-11,14H,9,16H2,1-4H3,(H,17,18). The van der Waals surface area contributed by atoms with Crippen LogP contribution in [0.4, 0.5) is 0 Å². The van der Waals surface area contributed by atoms with E-state index in [1.807, 2.05) is 20.8 Å². The third-order valence-corrected chi connectivity index (χ3v) is 4.36. The Bertz CT molecular complexity index is 579. The number of nitrogens with one attached hydrogen (secondary N) is 1. The number of sulfone groups is 1. The Balaban J connectivity index is 2.72. The maximum Gasteiger partial charge on any atom is 0.237 e. The fourth-order valence-corrected chi connectivity index (χ4v) is 2.65. The fourth-order valence-electron chi connectivity index (χ4n) is 2.02. The minimum Gasteiger partial charge on any atom is -0.348 e. The molecule has 0 saturated carbocycles. The van der Waals surface area contributed by atoms with E-state index in [9.17, 15) is 13.2 Å². The zero-order valence-corrected chi connectivity index (χ0v) is 13.8. The fraction of sp³-hybridized carbons (Fsp3) is 0.533. The SMILES string of the molecule is CC(C)CC(N)C(=O)NC(C)c1ccc(S(C)(=O)=O)cc1. The van der Waals surface area contributed by atoms with Crippen LogP contribution in [-0.2, 0) is 14.6 Å². The maximum absolute atomic E-state index is 12.0. The highest BCUT2D eigenvalue weighted by atomic mass is 32.2. The molecule has 6 heteroatoms. The van der Waals surface area contributed by atoms with Crippen LogP contribution < -0.4 is 11.1 Å². The zero-order chi connectivity index (χ0) is 16.2. The van der Waals surface area contributed by atoms with Crippen LogP contribution in [-0.4, -0.2) is 26.6 Å². The van der Waals surface area contributed by atoms with E-state index in [4.69, 9.17) is 5.73 Å². The monoisotopic (exact) mass is 312 g/mol. The smallest absolute Gasteiger partial charge is 0.237 e. The lowest BCUT2D eigenvalue weighted by Gasteiger charge is -2.19. The number of rotatable bonds is 6. The molecule has 1 aromatic rings. The summed E-state index contributed by atoms with van der Waals surface area (Å²) in [5, 5.41) is 2.85. The maximum atomic E-state index is 12.0. The molecular weight excluding hydrogens is 288 g/mol. The van der Waals surface area contributed by atoms with Gasteiger partial charge in [-0.15, -0.1) is 0 Å². The second-order valence-electron chi connectivity index (χ2n) is 5.81. The average molecular weight is 312 g/mol. The van der Waals surface area contributed by atoms with Crippen LogP contribution >= 0.6 is 0 Å². The van der Waals surface area contributed by atoms with Crippen molar-refractivity contribution in [1.29, 1.82) is 0 Å². The minimum atomic E-state index is -3.20. The summed E-state index contributed by atoms with van der Waals surface area (Å²) in [5.74, 6) is 0.165. The van der Waals surface area contributed by atoms with E-state index in [1.165, 1.54) is 0 Å². The molecule has 5 nitrogen and oxygen atoms in total. The average Bonchev–Trinajstić information content (AvgIpc) is 2.36. The summed E-state index contributed by atoms with van der Waals surface area (Å²) in [7, 11) is -3.20. The molecule has 0 radical (unpaired) electrons. The number of hydrogen-bond donors (Lipinski definition) is 2. The molecule has 0 aromatic heterocycles. The van der Waals surface area contributed by atoms with Crippen molar-refractivity contribution in [3.8, 4) is 0 Å². The van der Waals surface area contributed by atoms with Gasteiger partial charge in [0, 0.05) is 6.26 Å². The second kappa shape index (κ2) is 7.04. The lowest BCUT2D eigenvalue weighted by atomic mass is 10.0. The van der Waals surface area contributed by atoms with Crippen LogP contribution in [0.15, 0.2) is 29.2 Å². The Morgan fingerprint density at radius 3 is 2.14 bits per heavy atom. The predicted molar refractivity (Wildman–Crippen MR) is 83.5 cm³/mol. The molecular formula is C15H24N2O3S. The van der Waals surface area contributed by atoms with Crippen LogP contribution in [0, 0.1) is 5.92 Å². The molecule has 3 N–H and O–H groups in total.